The van der Waals surface area contributed by atoms with E-state index in [0.29, 0.717) is 0 Å². The third-order valence-corrected chi connectivity index (χ3v) is 3.06. The van der Waals surface area contributed by atoms with Crippen molar-refractivity contribution in [3.8, 4) is 0 Å². The summed E-state index contributed by atoms with van der Waals surface area (Å²) in [5.74, 6) is 0. The molecule has 1 aliphatic heterocycles. The molecule has 1 aromatic rings. The predicted molar refractivity (Wildman–Crippen MR) is 66.8 cm³/mol. The minimum absolute atomic E-state index is 1.07. The third kappa shape index (κ3) is 3.18. The number of aromatic nitrogens is 1. The molecule has 0 unspecified atom stereocenters. The summed E-state index contributed by atoms with van der Waals surface area (Å²) >= 11 is 0. The molecule has 88 valence electrons. The predicted octanol–water partition coefficient (Wildman–Crippen LogP) is 0.423. The van der Waals surface area contributed by atoms with Gasteiger partial charge in [-0.1, -0.05) is 0 Å². The lowest BCUT2D eigenvalue weighted by Gasteiger charge is -2.29. The summed E-state index contributed by atoms with van der Waals surface area (Å²) in [5.41, 5.74) is 1.24. The summed E-state index contributed by atoms with van der Waals surface area (Å²) in [7, 11) is 2.14. The van der Waals surface area contributed by atoms with Crippen LogP contribution < -0.4 is 10.2 Å². The van der Waals surface area contributed by atoms with Crippen LogP contribution in [0.5, 0.6) is 0 Å². The number of hydrogen-bond donors (Lipinski definition) is 1. The van der Waals surface area contributed by atoms with Crippen LogP contribution in [-0.4, -0.2) is 56.2 Å². The molecule has 16 heavy (non-hydrogen) atoms. The van der Waals surface area contributed by atoms with Crippen LogP contribution in [0.1, 0.15) is 0 Å². The van der Waals surface area contributed by atoms with E-state index in [-0.39, 0.29) is 0 Å². The van der Waals surface area contributed by atoms with Crippen molar-refractivity contribution in [1.29, 1.82) is 0 Å². The van der Waals surface area contributed by atoms with Gasteiger partial charge in [0.25, 0.3) is 0 Å². The van der Waals surface area contributed by atoms with Gasteiger partial charge in [-0.2, -0.15) is 0 Å². The quantitative estimate of drug-likeness (QED) is 0.797. The average Bonchev–Trinajstić information content (AvgIpc) is 2.38. The van der Waals surface area contributed by atoms with Gasteiger partial charge in [0, 0.05) is 64.4 Å². The summed E-state index contributed by atoms with van der Waals surface area (Å²) < 4.78 is 0. The van der Waals surface area contributed by atoms with Crippen LogP contribution in [0.25, 0.3) is 0 Å². The first-order chi connectivity index (χ1) is 7.86. The van der Waals surface area contributed by atoms with Crippen molar-refractivity contribution in [2.24, 2.45) is 0 Å². The van der Waals surface area contributed by atoms with E-state index in [0.717, 1.165) is 26.2 Å². The number of piperazine rings is 1. The van der Waals surface area contributed by atoms with Crippen molar-refractivity contribution < 1.29 is 0 Å². The first kappa shape index (κ1) is 11.4. The molecule has 4 heteroatoms. The van der Waals surface area contributed by atoms with Gasteiger partial charge in [-0.25, -0.2) is 0 Å². The molecule has 0 aromatic carbocycles. The van der Waals surface area contributed by atoms with Crippen LogP contribution in [0, 0.1) is 0 Å². The topological polar surface area (TPSA) is 31.4 Å². The fraction of sp³-hybridized carbons (Fsp3) is 0.583. The van der Waals surface area contributed by atoms with E-state index in [2.05, 4.69) is 39.3 Å². The van der Waals surface area contributed by atoms with Gasteiger partial charge in [-0.05, 0) is 12.1 Å². The highest BCUT2D eigenvalue weighted by Crippen LogP contribution is 2.09. The molecule has 1 aromatic heterocycles. The normalized spacial score (nSPS) is 17.3. The minimum Gasteiger partial charge on any atom is -0.373 e. The monoisotopic (exact) mass is 220 g/mol. The van der Waals surface area contributed by atoms with Crippen molar-refractivity contribution in [3.63, 3.8) is 0 Å². The molecular formula is C12H20N4. The van der Waals surface area contributed by atoms with Gasteiger partial charge in [0.15, 0.2) is 0 Å². The second-order valence-electron chi connectivity index (χ2n) is 4.22. The molecule has 0 spiro atoms. The standard InChI is InChI=1S/C12H20N4/c1-15(12-2-4-13-5-3-12)10-11-16-8-6-14-7-9-16/h2-5,14H,6-11H2,1H3. The highest BCUT2D eigenvalue weighted by Gasteiger charge is 2.09. The highest BCUT2D eigenvalue weighted by atomic mass is 15.2. The zero-order valence-corrected chi connectivity index (χ0v) is 9.89. The van der Waals surface area contributed by atoms with Crippen LogP contribution in [0.2, 0.25) is 0 Å². The molecule has 0 radical (unpaired) electrons. The molecule has 0 aliphatic carbocycles. The van der Waals surface area contributed by atoms with E-state index in [1.165, 1.54) is 18.8 Å². The largest absolute Gasteiger partial charge is 0.373 e. The van der Waals surface area contributed by atoms with Crippen LogP contribution in [-0.2, 0) is 0 Å². The van der Waals surface area contributed by atoms with E-state index in [1.54, 1.807) is 0 Å². The molecule has 2 heterocycles. The van der Waals surface area contributed by atoms with E-state index in [9.17, 15) is 0 Å². The Hall–Kier alpha value is -1.13. The van der Waals surface area contributed by atoms with Crippen LogP contribution >= 0.6 is 0 Å². The molecule has 0 bridgehead atoms. The summed E-state index contributed by atoms with van der Waals surface area (Å²) in [6.07, 6.45) is 3.69. The van der Waals surface area contributed by atoms with Gasteiger partial charge >= 0.3 is 0 Å². The second-order valence-corrected chi connectivity index (χ2v) is 4.22. The first-order valence-corrected chi connectivity index (χ1v) is 5.90. The summed E-state index contributed by atoms with van der Waals surface area (Å²) in [5, 5.41) is 3.37. The number of anilines is 1. The van der Waals surface area contributed by atoms with Gasteiger partial charge in [0.05, 0.1) is 0 Å². The maximum atomic E-state index is 4.03. The zero-order chi connectivity index (χ0) is 11.2. The number of rotatable bonds is 4. The molecule has 0 atom stereocenters. The van der Waals surface area contributed by atoms with E-state index >= 15 is 0 Å². The molecule has 0 saturated carbocycles. The van der Waals surface area contributed by atoms with E-state index in [4.69, 9.17) is 0 Å². The number of nitrogens with zero attached hydrogens (tertiary/aromatic N) is 3. The Bertz CT molecular complexity index is 295. The molecule has 1 saturated heterocycles. The second kappa shape index (κ2) is 5.82. The van der Waals surface area contributed by atoms with Crippen LogP contribution in [0.4, 0.5) is 5.69 Å². The van der Waals surface area contributed by atoms with E-state index < -0.39 is 0 Å². The Morgan fingerprint density at radius 1 is 1.31 bits per heavy atom. The Morgan fingerprint density at radius 3 is 2.69 bits per heavy atom. The molecular weight excluding hydrogens is 200 g/mol. The zero-order valence-electron chi connectivity index (χ0n) is 9.89. The third-order valence-electron chi connectivity index (χ3n) is 3.06. The van der Waals surface area contributed by atoms with Gasteiger partial charge in [0.2, 0.25) is 0 Å². The highest BCUT2D eigenvalue weighted by molar-refractivity contribution is 5.43. The van der Waals surface area contributed by atoms with Gasteiger partial charge in [-0.15, -0.1) is 0 Å². The minimum atomic E-state index is 1.07. The average molecular weight is 220 g/mol. The van der Waals surface area contributed by atoms with Crippen molar-refractivity contribution in [2.75, 3.05) is 51.2 Å². The summed E-state index contributed by atoms with van der Waals surface area (Å²) in [6.45, 7) is 6.80. The maximum absolute atomic E-state index is 4.03. The summed E-state index contributed by atoms with van der Waals surface area (Å²) in [4.78, 5) is 8.82. The van der Waals surface area contributed by atoms with Crippen LogP contribution in [0.15, 0.2) is 24.5 Å². The number of pyridine rings is 1. The molecule has 4 nitrogen and oxygen atoms in total. The lowest BCUT2D eigenvalue weighted by Crippen LogP contribution is -2.46. The number of hydrogen-bond acceptors (Lipinski definition) is 4. The Kier molecular flexibility index (Phi) is 4.13. The summed E-state index contributed by atoms with van der Waals surface area (Å²) in [6, 6.07) is 4.11. The Labute approximate surface area is 97.3 Å². The Balaban J connectivity index is 1.77. The molecule has 1 aliphatic rings. The lowest BCUT2D eigenvalue weighted by atomic mass is 10.3. The smallest absolute Gasteiger partial charge is 0.0394 e. The van der Waals surface area contributed by atoms with Crippen molar-refractivity contribution >= 4 is 5.69 Å². The van der Waals surface area contributed by atoms with Gasteiger partial charge in [0.1, 0.15) is 0 Å². The molecule has 1 N–H and O–H groups in total. The SMILES string of the molecule is CN(CCN1CCNCC1)c1ccncc1. The first-order valence-electron chi connectivity index (χ1n) is 5.90. The van der Waals surface area contributed by atoms with Crippen molar-refractivity contribution in [3.05, 3.63) is 24.5 Å². The van der Waals surface area contributed by atoms with Crippen molar-refractivity contribution in [1.82, 2.24) is 15.2 Å². The maximum Gasteiger partial charge on any atom is 0.0394 e. The fourth-order valence-corrected chi connectivity index (χ4v) is 1.95. The van der Waals surface area contributed by atoms with Crippen LogP contribution in [0.3, 0.4) is 0 Å². The number of likely N-dealkylation sites (N-methyl/N-ethyl adjacent to an activating group) is 1. The number of nitrogens with one attached hydrogen (secondary N) is 1. The molecule has 0 amide bonds. The fourth-order valence-electron chi connectivity index (χ4n) is 1.95. The van der Waals surface area contributed by atoms with Crippen molar-refractivity contribution in [2.45, 2.75) is 0 Å². The molecule has 1 fully saturated rings. The molecule has 2 rings (SSSR count). The Morgan fingerprint density at radius 2 is 2.00 bits per heavy atom. The lowest BCUT2D eigenvalue weighted by molar-refractivity contribution is 0.246. The van der Waals surface area contributed by atoms with Gasteiger partial charge in [-0.3, -0.25) is 9.88 Å². The van der Waals surface area contributed by atoms with E-state index in [1.807, 2.05) is 12.4 Å². The van der Waals surface area contributed by atoms with Gasteiger partial charge < -0.3 is 10.2 Å².